The number of ether oxygens (including phenoxy) is 2. The first-order chi connectivity index (χ1) is 12.6. The molecule has 0 aliphatic carbocycles. The highest BCUT2D eigenvalue weighted by atomic mass is 16.5. The van der Waals surface area contributed by atoms with Gasteiger partial charge in [0.15, 0.2) is 0 Å². The Labute approximate surface area is 151 Å². The average molecular weight is 353 g/mol. The molecule has 0 aliphatic heterocycles. The van der Waals surface area contributed by atoms with E-state index in [1.807, 2.05) is 31.2 Å². The van der Waals surface area contributed by atoms with E-state index in [2.05, 4.69) is 15.5 Å². The smallest absolute Gasteiger partial charge is 0.322 e. The van der Waals surface area contributed by atoms with Gasteiger partial charge in [-0.05, 0) is 24.6 Å². The molecular weight excluding hydrogens is 334 g/mol. The molecule has 0 atom stereocenters. The fraction of sp³-hybridized carbons (Fsp3) is 0.211. The highest BCUT2D eigenvalue weighted by Crippen LogP contribution is 2.23. The number of methoxy groups -OCH3 is 2. The number of aromatic nitrogens is 2. The van der Waals surface area contributed by atoms with Gasteiger partial charge < -0.3 is 13.9 Å². The molecule has 7 nitrogen and oxygen atoms in total. The first kappa shape index (κ1) is 17.5. The maximum atomic E-state index is 12.4. The van der Waals surface area contributed by atoms with Crippen LogP contribution in [-0.2, 0) is 6.42 Å². The van der Waals surface area contributed by atoms with Gasteiger partial charge in [0.25, 0.3) is 5.91 Å². The van der Waals surface area contributed by atoms with E-state index in [4.69, 9.17) is 13.9 Å². The van der Waals surface area contributed by atoms with Crippen LogP contribution in [0, 0.1) is 6.92 Å². The number of carbonyl (C=O) groups is 1. The van der Waals surface area contributed by atoms with Gasteiger partial charge in [-0.15, -0.1) is 5.10 Å². The fourth-order valence-corrected chi connectivity index (χ4v) is 2.36. The van der Waals surface area contributed by atoms with Crippen molar-refractivity contribution < 1.29 is 18.7 Å². The van der Waals surface area contributed by atoms with E-state index in [0.29, 0.717) is 29.4 Å². The summed E-state index contributed by atoms with van der Waals surface area (Å²) in [5, 5.41) is 10.4. The average Bonchev–Trinajstić information content (AvgIpc) is 3.09. The number of hydrogen-bond acceptors (Lipinski definition) is 6. The summed E-state index contributed by atoms with van der Waals surface area (Å²) in [5.41, 5.74) is 2.59. The van der Waals surface area contributed by atoms with Gasteiger partial charge in [0.2, 0.25) is 5.89 Å². The molecule has 0 aliphatic rings. The zero-order valence-electron chi connectivity index (χ0n) is 14.8. The molecule has 0 saturated heterocycles. The number of nitrogens with zero attached hydrogens (tertiary/aromatic N) is 2. The third kappa shape index (κ3) is 4.18. The number of nitrogens with one attached hydrogen (secondary N) is 1. The maximum absolute atomic E-state index is 12.4. The van der Waals surface area contributed by atoms with Crippen LogP contribution in [0.5, 0.6) is 11.5 Å². The van der Waals surface area contributed by atoms with Gasteiger partial charge in [-0.1, -0.05) is 34.9 Å². The summed E-state index contributed by atoms with van der Waals surface area (Å²) in [5.74, 6) is 1.06. The second kappa shape index (κ2) is 7.69. The summed E-state index contributed by atoms with van der Waals surface area (Å²) in [4.78, 5) is 12.4. The lowest BCUT2D eigenvalue weighted by atomic mass is 10.1. The number of amides is 1. The molecule has 0 saturated carbocycles. The lowest BCUT2D eigenvalue weighted by Gasteiger charge is -2.07. The Hall–Kier alpha value is -3.35. The van der Waals surface area contributed by atoms with Crippen molar-refractivity contribution in [2.45, 2.75) is 13.3 Å². The summed E-state index contributed by atoms with van der Waals surface area (Å²) in [6, 6.07) is 13.0. The molecule has 1 amide bonds. The minimum atomic E-state index is -0.396. The molecule has 1 aromatic heterocycles. The Bertz CT molecular complexity index is 881. The molecule has 2 aromatic carbocycles. The van der Waals surface area contributed by atoms with Gasteiger partial charge in [-0.3, -0.25) is 10.1 Å². The minimum Gasteiger partial charge on any atom is -0.497 e. The van der Waals surface area contributed by atoms with Crippen molar-refractivity contribution in [3.05, 3.63) is 65.0 Å². The van der Waals surface area contributed by atoms with E-state index >= 15 is 0 Å². The Kier molecular flexibility index (Phi) is 5.17. The van der Waals surface area contributed by atoms with Crippen LogP contribution in [0.1, 0.15) is 27.4 Å². The molecule has 7 heteroatoms. The molecule has 0 unspecified atom stereocenters. The molecule has 3 rings (SSSR count). The number of aryl methyl sites for hydroxylation is 1. The molecule has 0 radical (unpaired) electrons. The number of anilines is 1. The predicted octanol–water partition coefficient (Wildman–Crippen LogP) is 3.24. The second-order valence-electron chi connectivity index (χ2n) is 5.72. The first-order valence-corrected chi connectivity index (χ1v) is 7.99. The standard InChI is InChI=1S/C19H19N3O4/c1-12-4-6-13(7-5-12)8-17-21-22-19(26-17)20-18(23)14-9-15(24-2)11-16(10-14)25-3/h4-7,9-11H,8H2,1-3H3,(H,20,22,23). The molecule has 26 heavy (non-hydrogen) atoms. The third-order valence-electron chi connectivity index (χ3n) is 3.78. The van der Waals surface area contributed by atoms with E-state index in [-0.39, 0.29) is 6.01 Å². The maximum Gasteiger partial charge on any atom is 0.322 e. The quantitative estimate of drug-likeness (QED) is 0.732. The van der Waals surface area contributed by atoms with Gasteiger partial charge in [-0.25, -0.2) is 0 Å². The Balaban J connectivity index is 1.70. The Morgan fingerprint density at radius 3 is 2.31 bits per heavy atom. The predicted molar refractivity (Wildman–Crippen MR) is 95.8 cm³/mol. The number of carbonyl (C=O) groups excluding carboxylic acids is 1. The normalized spacial score (nSPS) is 10.4. The molecule has 0 bridgehead atoms. The summed E-state index contributed by atoms with van der Waals surface area (Å²) in [6.07, 6.45) is 0.496. The van der Waals surface area contributed by atoms with Gasteiger partial charge >= 0.3 is 6.01 Å². The van der Waals surface area contributed by atoms with Crippen LogP contribution in [0.2, 0.25) is 0 Å². The monoisotopic (exact) mass is 353 g/mol. The zero-order chi connectivity index (χ0) is 18.5. The van der Waals surface area contributed by atoms with Crippen molar-refractivity contribution in [2.75, 3.05) is 19.5 Å². The number of benzene rings is 2. The van der Waals surface area contributed by atoms with E-state index in [1.54, 1.807) is 18.2 Å². The largest absolute Gasteiger partial charge is 0.497 e. The molecule has 0 fully saturated rings. The lowest BCUT2D eigenvalue weighted by molar-refractivity contribution is 0.102. The number of rotatable bonds is 6. The van der Waals surface area contributed by atoms with Crippen LogP contribution >= 0.6 is 0 Å². The van der Waals surface area contributed by atoms with Gasteiger partial charge in [0.05, 0.1) is 20.6 Å². The SMILES string of the molecule is COc1cc(OC)cc(C(=O)Nc2nnc(Cc3ccc(C)cc3)o2)c1. The minimum absolute atomic E-state index is 0.0406. The van der Waals surface area contributed by atoms with E-state index in [9.17, 15) is 4.79 Å². The Morgan fingerprint density at radius 1 is 1.04 bits per heavy atom. The summed E-state index contributed by atoms with van der Waals surface area (Å²) in [7, 11) is 3.04. The van der Waals surface area contributed by atoms with Gasteiger partial charge in [0.1, 0.15) is 11.5 Å². The summed E-state index contributed by atoms with van der Waals surface area (Å²) >= 11 is 0. The first-order valence-electron chi connectivity index (χ1n) is 7.99. The topological polar surface area (TPSA) is 86.5 Å². The van der Waals surface area contributed by atoms with Gasteiger partial charge in [0, 0.05) is 11.6 Å². The molecular formula is C19H19N3O4. The number of hydrogen-bond donors (Lipinski definition) is 1. The van der Waals surface area contributed by atoms with Crippen molar-refractivity contribution >= 4 is 11.9 Å². The van der Waals surface area contributed by atoms with Crippen LogP contribution in [-0.4, -0.2) is 30.3 Å². The summed E-state index contributed by atoms with van der Waals surface area (Å²) in [6.45, 7) is 2.03. The third-order valence-corrected chi connectivity index (χ3v) is 3.78. The highest BCUT2D eigenvalue weighted by molar-refractivity contribution is 6.03. The molecule has 1 heterocycles. The highest BCUT2D eigenvalue weighted by Gasteiger charge is 2.14. The molecule has 3 aromatic rings. The zero-order valence-corrected chi connectivity index (χ0v) is 14.8. The van der Waals surface area contributed by atoms with Crippen LogP contribution in [0.15, 0.2) is 46.9 Å². The fourth-order valence-electron chi connectivity index (χ4n) is 2.36. The van der Waals surface area contributed by atoms with Crippen molar-refractivity contribution in [1.82, 2.24) is 10.2 Å². The molecule has 134 valence electrons. The van der Waals surface area contributed by atoms with Crippen molar-refractivity contribution in [3.8, 4) is 11.5 Å². The van der Waals surface area contributed by atoms with Crippen LogP contribution < -0.4 is 14.8 Å². The second-order valence-corrected chi connectivity index (χ2v) is 5.72. The van der Waals surface area contributed by atoms with E-state index < -0.39 is 5.91 Å². The van der Waals surface area contributed by atoms with E-state index in [0.717, 1.165) is 5.56 Å². The van der Waals surface area contributed by atoms with Crippen molar-refractivity contribution in [3.63, 3.8) is 0 Å². The van der Waals surface area contributed by atoms with Crippen molar-refractivity contribution in [2.24, 2.45) is 0 Å². The van der Waals surface area contributed by atoms with Crippen molar-refractivity contribution in [1.29, 1.82) is 0 Å². The van der Waals surface area contributed by atoms with Gasteiger partial charge in [-0.2, -0.15) is 0 Å². The Morgan fingerprint density at radius 2 is 1.69 bits per heavy atom. The molecule has 0 spiro atoms. The van der Waals surface area contributed by atoms with Crippen LogP contribution in [0.3, 0.4) is 0 Å². The van der Waals surface area contributed by atoms with E-state index in [1.165, 1.54) is 19.8 Å². The molecule has 1 N–H and O–H groups in total. The lowest BCUT2D eigenvalue weighted by Crippen LogP contribution is -2.12. The summed E-state index contributed by atoms with van der Waals surface area (Å²) < 4.78 is 15.8. The van der Waals surface area contributed by atoms with Crippen LogP contribution in [0.4, 0.5) is 6.01 Å². The van der Waals surface area contributed by atoms with Crippen LogP contribution in [0.25, 0.3) is 0 Å².